The quantitative estimate of drug-likeness (QED) is 0.754. The van der Waals surface area contributed by atoms with Gasteiger partial charge < -0.3 is 19.7 Å². The van der Waals surface area contributed by atoms with Crippen LogP contribution in [0.3, 0.4) is 0 Å². The first kappa shape index (κ1) is 18.7. The third-order valence-electron chi connectivity index (χ3n) is 3.87. The standard InChI is InChI=1S/C19H23FN2O3/c1-22(12-15-8-6-10-17(24-2)19(15)25-3)13-18(23)21-11-14-7-4-5-9-16(14)20/h4-10H,11-13H2,1-3H3,(H,21,23)/p+1. The minimum absolute atomic E-state index is 0.136. The smallest absolute Gasteiger partial charge is 0.275 e. The molecule has 2 aromatic carbocycles. The molecule has 0 fully saturated rings. The zero-order valence-electron chi connectivity index (χ0n) is 14.8. The molecule has 6 heteroatoms. The Morgan fingerprint density at radius 1 is 1.08 bits per heavy atom. The van der Waals surface area contributed by atoms with Gasteiger partial charge in [-0.3, -0.25) is 4.79 Å². The van der Waals surface area contributed by atoms with E-state index >= 15 is 0 Å². The highest BCUT2D eigenvalue weighted by Crippen LogP contribution is 2.29. The minimum atomic E-state index is -0.315. The topological polar surface area (TPSA) is 52.0 Å². The van der Waals surface area contributed by atoms with Crippen LogP contribution in [0.2, 0.25) is 0 Å². The van der Waals surface area contributed by atoms with E-state index in [2.05, 4.69) is 5.32 Å². The molecule has 0 aromatic heterocycles. The van der Waals surface area contributed by atoms with Crippen molar-refractivity contribution >= 4 is 5.91 Å². The van der Waals surface area contributed by atoms with Crippen LogP contribution in [-0.2, 0) is 17.9 Å². The number of carbonyl (C=O) groups is 1. The van der Waals surface area contributed by atoms with Gasteiger partial charge in [0.2, 0.25) is 0 Å². The summed E-state index contributed by atoms with van der Waals surface area (Å²) >= 11 is 0. The molecule has 1 unspecified atom stereocenters. The van der Waals surface area contributed by atoms with Gasteiger partial charge in [0, 0.05) is 12.1 Å². The highest BCUT2D eigenvalue weighted by molar-refractivity contribution is 5.76. The maximum absolute atomic E-state index is 13.6. The van der Waals surface area contributed by atoms with Gasteiger partial charge in [0.05, 0.1) is 26.8 Å². The molecular formula is C19H24FN2O3+. The van der Waals surface area contributed by atoms with Gasteiger partial charge in [0.15, 0.2) is 18.0 Å². The van der Waals surface area contributed by atoms with E-state index in [0.717, 1.165) is 10.5 Å². The van der Waals surface area contributed by atoms with Gasteiger partial charge in [-0.2, -0.15) is 0 Å². The van der Waals surface area contributed by atoms with Gasteiger partial charge >= 0.3 is 0 Å². The average molecular weight is 347 g/mol. The molecule has 0 aliphatic rings. The summed E-state index contributed by atoms with van der Waals surface area (Å²) < 4.78 is 24.3. The van der Waals surface area contributed by atoms with Crippen molar-refractivity contribution in [2.24, 2.45) is 0 Å². The normalized spacial score (nSPS) is 11.7. The van der Waals surface area contributed by atoms with E-state index in [0.29, 0.717) is 23.6 Å². The van der Waals surface area contributed by atoms with E-state index in [1.165, 1.54) is 6.07 Å². The van der Waals surface area contributed by atoms with E-state index < -0.39 is 0 Å². The van der Waals surface area contributed by atoms with Crippen LogP contribution in [0.25, 0.3) is 0 Å². The Bertz CT molecular complexity index is 722. The molecule has 0 saturated carbocycles. The van der Waals surface area contributed by atoms with Crippen LogP contribution < -0.4 is 19.7 Å². The van der Waals surface area contributed by atoms with Crippen molar-refractivity contribution in [2.75, 3.05) is 27.8 Å². The molecule has 2 rings (SSSR count). The van der Waals surface area contributed by atoms with E-state index in [-0.39, 0.29) is 24.8 Å². The third-order valence-corrected chi connectivity index (χ3v) is 3.87. The number of hydrogen-bond acceptors (Lipinski definition) is 3. The SMILES string of the molecule is COc1cccc(C[NH+](C)CC(=O)NCc2ccccc2F)c1OC. The minimum Gasteiger partial charge on any atom is -0.493 e. The van der Waals surface area contributed by atoms with E-state index in [9.17, 15) is 9.18 Å². The van der Waals surface area contributed by atoms with E-state index in [1.807, 2.05) is 25.2 Å². The number of rotatable bonds is 8. The number of ether oxygens (including phenoxy) is 2. The van der Waals surface area contributed by atoms with Gasteiger partial charge in [0.25, 0.3) is 5.91 Å². The van der Waals surface area contributed by atoms with E-state index in [1.54, 1.807) is 32.4 Å². The Hall–Kier alpha value is -2.60. The van der Waals surface area contributed by atoms with Crippen LogP contribution in [-0.4, -0.2) is 33.7 Å². The van der Waals surface area contributed by atoms with Crippen LogP contribution in [0.5, 0.6) is 11.5 Å². The Morgan fingerprint density at radius 2 is 1.80 bits per heavy atom. The molecule has 0 bridgehead atoms. The van der Waals surface area contributed by atoms with Crippen molar-refractivity contribution < 1.29 is 23.6 Å². The highest BCUT2D eigenvalue weighted by atomic mass is 19.1. The lowest BCUT2D eigenvalue weighted by Gasteiger charge is -2.17. The lowest BCUT2D eigenvalue weighted by molar-refractivity contribution is -0.885. The number of para-hydroxylation sites is 1. The first-order valence-electron chi connectivity index (χ1n) is 8.06. The molecular weight excluding hydrogens is 323 g/mol. The van der Waals surface area contributed by atoms with Crippen LogP contribution in [0.1, 0.15) is 11.1 Å². The van der Waals surface area contributed by atoms with Crippen molar-refractivity contribution in [1.82, 2.24) is 5.32 Å². The Kier molecular flexibility index (Phi) is 6.77. The molecule has 0 aliphatic carbocycles. The Balaban J connectivity index is 1.91. The summed E-state index contributed by atoms with van der Waals surface area (Å²) in [6.07, 6.45) is 0. The zero-order chi connectivity index (χ0) is 18.2. The van der Waals surface area contributed by atoms with Crippen molar-refractivity contribution in [1.29, 1.82) is 0 Å². The van der Waals surface area contributed by atoms with Crippen molar-refractivity contribution in [2.45, 2.75) is 13.1 Å². The molecule has 1 atom stereocenters. The summed E-state index contributed by atoms with van der Waals surface area (Å²) in [7, 11) is 5.10. The third kappa shape index (κ3) is 5.19. The summed E-state index contributed by atoms with van der Waals surface area (Å²) in [5.74, 6) is 0.889. The molecule has 0 radical (unpaired) electrons. The lowest BCUT2D eigenvalue weighted by Crippen LogP contribution is -3.08. The molecule has 25 heavy (non-hydrogen) atoms. The molecule has 5 nitrogen and oxygen atoms in total. The maximum atomic E-state index is 13.6. The second kappa shape index (κ2) is 9.03. The number of amides is 1. The van der Waals surface area contributed by atoms with Crippen LogP contribution in [0, 0.1) is 5.82 Å². The fourth-order valence-corrected chi connectivity index (χ4v) is 2.65. The van der Waals surface area contributed by atoms with Crippen LogP contribution >= 0.6 is 0 Å². The van der Waals surface area contributed by atoms with Gasteiger partial charge in [-0.05, 0) is 18.2 Å². The monoisotopic (exact) mass is 347 g/mol. The molecule has 1 amide bonds. The first-order chi connectivity index (χ1) is 12.0. The van der Waals surface area contributed by atoms with Crippen molar-refractivity contribution in [3.8, 4) is 11.5 Å². The van der Waals surface area contributed by atoms with Gasteiger partial charge in [-0.1, -0.05) is 24.3 Å². The predicted octanol–water partition coefficient (Wildman–Crippen LogP) is 1.17. The molecule has 0 aliphatic heterocycles. The Labute approximate surface area is 147 Å². The number of hydrogen-bond donors (Lipinski definition) is 2. The molecule has 2 aromatic rings. The van der Waals surface area contributed by atoms with Gasteiger partial charge in [0.1, 0.15) is 12.4 Å². The van der Waals surface area contributed by atoms with Gasteiger partial charge in [-0.15, -0.1) is 0 Å². The predicted molar refractivity (Wildman–Crippen MR) is 93.3 cm³/mol. The molecule has 0 spiro atoms. The summed E-state index contributed by atoms with van der Waals surface area (Å²) in [6.45, 7) is 1.06. The molecule has 134 valence electrons. The maximum Gasteiger partial charge on any atom is 0.275 e. The number of methoxy groups -OCH3 is 2. The van der Waals surface area contributed by atoms with Crippen molar-refractivity contribution in [3.05, 3.63) is 59.4 Å². The highest BCUT2D eigenvalue weighted by Gasteiger charge is 2.16. The second-order valence-electron chi connectivity index (χ2n) is 5.83. The summed E-state index contributed by atoms with van der Waals surface area (Å²) in [5.41, 5.74) is 1.43. The number of halogens is 1. The zero-order valence-corrected chi connectivity index (χ0v) is 14.8. The second-order valence-corrected chi connectivity index (χ2v) is 5.83. The molecule has 0 heterocycles. The summed E-state index contributed by atoms with van der Waals surface area (Å²) in [5, 5.41) is 2.75. The number of carbonyl (C=O) groups excluding carboxylic acids is 1. The number of nitrogens with one attached hydrogen (secondary N) is 2. The summed E-state index contributed by atoms with van der Waals surface area (Å²) in [4.78, 5) is 13.1. The molecule has 2 N–H and O–H groups in total. The lowest BCUT2D eigenvalue weighted by atomic mass is 10.1. The van der Waals surface area contributed by atoms with Crippen molar-refractivity contribution in [3.63, 3.8) is 0 Å². The van der Waals surface area contributed by atoms with Crippen LogP contribution in [0.15, 0.2) is 42.5 Å². The largest absolute Gasteiger partial charge is 0.493 e. The fraction of sp³-hybridized carbons (Fsp3) is 0.316. The number of quaternary nitrogens is 1. The van der Waals surface area contributed by atoms with E-state index in [4.69, 9.17) is 9.47 Å². The molecule has 0 saturated heterocycles. The fourth-order valence-electron chi connectivity index (χ4n) is 2.65. The average Bonchev–Trinajstić information content (AvgIpc) is 2.60. The first-order valence-corrected chi connectivity index (χ1v) is 8.06. The van der Waals surface area contributed by atoms with Crippen LogP contribution in [0.4, 0.5) is 4.39 Å². The number of likely N-dealkylation sites (N-methyl/N-ethyl adjacent to an activating group) is 1. The summed E-state index contributed by atoms with van der Waals surface area (Å²) in [6, 6.07) is 12.1. The van der Waals surface area contributed by atoms with Gasteiger partial charge in [-0.25, -0.2) is 4.39 Å². The Morgan fingerprint density at radius 3 is 2.48 bits per heavy atom. The number of benzene rings is 2.